The van der Waals surface area contributed by atoms with E-state index in [4.69, 9.17) is 10.8 Å². The van der Waals surface area contributed by atoms with E-state index in [-0.39, 0.29) is 0 Å². The van der Waals surface area contributed by atoms with E-state index < -0.39 is 0 Å². The summed E-state index contributed by atoms with van der Waals surface area (Å²) in [5.41, 5.74) is 5.87. The van der Waals surface area contributed by atoms with Crippen molar-refractivity contribution in [2.75, 3.05) is 26.2 Å². The zero-order valence-electron chi connectivity index (χ0n) is 9.10. The van der Waals surface area contributed by atoms with Gasteiger partial charge in [-0.3, -0.25) is 4.90 Å². The van der Waals surface area contributed by atoms with Crippen molar-refractivity contribution < 1.29 is 5.11 Å². The summed E-state index contributed by atoms with van der Waals surface area (Å²) in [6.07, 6.45) is 1.08. The van der Waals surface area contributed by atoms with Crippen LogP contribution in [0.2, 0.25) is 0 Å². The lowest BCUT2D eigenvalue weighted by atomic mass is 10.1. The first-order chi connectivity index (χ1) is 7.74. The average Bonchev–Trinajstić information content (AvgIpc) is 2.89. The molecule has 1 aliphatic heterocycles. The molecule has 2 rings (SSSR count). The molecule has 0 aliphatic carbocycles. The number of thiophene rings is 1. The number of rotatable bonds is 4. The van der Waals surface area contributed by atoms with Crippen LogP contribution in [0.25, 0.3) is 0 Å². The molecule has 1 aromatic rings. The first kappa shape index (κ1) is 12.5. The zero-order valence-corrected chi connectivity index (χ0v) is 11.5. The van der Waals surface area contributed by atoms with Gasteiger partial charge in [-0.2, -0.15) is 0 Å². The molecule has 0 bridgehead atoms. The number of aliphatic hydroxyl groups is 1. The summed E-state index contributed by atoms with van der Waals surface area (Å²) in [6, 6.07) is 2.46. The Hall–Kier alpha value is 0.0600. The Morgan fingerprint density at radius 1 is 1.69 bits per heavy atom. The SMILES string of the molecule is NCC(c1cc(Br)cs1)N1CCC(CO)C1. The largest absolute Gasteiger partial charge is 0.396 e. The topological polar surface area (TPSA) is 49.5 Å². The number of nitrogens with two attached hydrogens (primary N) is 1. The quantitative estimate of drug-likeness (QED) is 0.892. The van der Waals surface area contributed by atoms with Crippen molar-refractivity contribution in [3.8, 4) is 0 Å². The van der Waals surface area contributed by atoms with E-state index in [9.17, 15) is 0 Å². The summed E-state index contributed by atoms with van der Waals surface area (Å²) in [5.74, 6) is 0.428. The molecule has 0 spiro atoms. The van der Waals surface area contributed by atoms with Crippen molar-refractivity contribution in [1.82, 2.24) is 4.90 Å². The molecule has 0 radical (unpaired) electrons. The molecular formula is C11H17BrN2OS. The highest BCUT2D eigenvalue weighted by Crippen LogP contribution is 2.32. The average molecular weight is 305 g/mol. The van der Waals surface area contributed by atoms with Gasteiger partial charge in [0.2, 0.25) is 0 Å². The van der Waals surface area contributed by atoms with Gasteiger partial charge in [0.1, 0.15) is 0 Å². The van der Waals surface area contributed by atoms with Crippen molar-refractivity contribution in [2.24, 2.45) is 11.7 Å². The lowest BCUT2D eigenvalue weighted by molar-refractivity contribution is 0.202. The van der Waals surface area contributed by atoms with Crippen LogP contribution in [0, 0.1) is 5.92 Å². The summed E-state index contributed by atoms with van der Waals surface area (Å²) in [5, 5.41) is 11.2. The van der Waals surface area contributed by atoms with E-state index >= 15 is 0 Å². The maximum absolute atomic E-state index is 9.15. The van der Waals surface area contributed by atoms with E-state index in [1.807, 2.05) is 0 Å². The molecule has 16 heavy (non-hydrogen) atoms. The van der Waals surface area contributed by atoms with Gasteiger partial charge in [0, 0.05) is 34.4 Å². The van der Waals surface area contributed by atoms with Crippen molar-refractivity contribution >= 4 is 27.3 Å². The standard InChI is InChI=1S/C11H17BrN2OS/c12-9-3-11(16-7-9)10(4-13)14-2-1-8(5-14)6-15/h3,7-8,10,15H,1-2,4-6,13H2. The molecule has 1 aromatic heterocycles. The van der Waals surface area contributed by atoms with Crippen LogP contribution < -0.4 is 5.73 Å². The second-order valence-electron chi connectivity index (χ2n) is 4.25. The van der Waals surface area contributed by atoms with Gasteiger partial charge in [0.05, 0.1) is 6.04 Å². The molecule has 0 aromatic carbocycles. The Kier molecular flexibility index (Phi) is 4.38. The molecule has 1 fully saturated rings. The van der Waals surface area contributed by atoms with Gasteiger partial charge in [-0.1, -0.05) is 0 Å². The van der Waals surface area contributed by atoms with Gasteiger partial charge >= 0.3 is 0 Å². The molecule has 2 heterocycles. The lowest BCUT2D eigenvalue weighted by Crippen LogP contribution is -2.31. The van der Waals surface area contributed by atoms with Crippen LogP contribution in [0.5, 0.6) is 0 Å². The van der Waals surface area contributed by atoms with Gasteiger partial charge < -0.3 is 10.8 Å². The van der Waals surface area contributed by atoms with Gasteiger partial charge in [0.25, 0.3) is 0 Å². The normalized spacial score (nSPS) is 23.8. The number of hydrogen-bond donors (Lipinski definition) is 2. The van der Waals surface area contributed by atoms with Crippen molar-refractivity contribution in [3.63, 3.8) is 0 Å². The third-order valence-electron chi connectivity index (χ3n) is 3.16. The minimum Gasteiger partial charge on any atom is -0.396 e. The van der Waals surface area contributed by atoms with Crippen LogP contribution in [-0.2, 0) is 0 Å². The number of nitrogens with zero attached hydrogens (tertiary/aromatic N) is 1. The van der Waals surface area contributed by atoms with Crippen molar-refractivity contribution in [3.05, 3.63) is 20.8 Å². The van der Waals surface area contributed by atoms with E-state index in [1.54, 1.807) is 11.3 Å². The first-order valence-corrected chi connectivity index (χ1v) is 7.20. The fourth-order valence-corrected chi connectivity index (χ4v) is 3.84. The second kappa shape index (κ2) is 5.60. The lowest BCUT2D eigenvalue weighted by Gasteiger charge is -2.25. The number of aliphatic hydroxyl groups excluding tert-OH is 1. The van der Waals surface area contributed by atoms with E-state index in [2.05, 4.69) is 32.3 Å². The summed E-state index contributed by atoms with van der Waals surface area (Å²) in [4.78, 5) is 3.70. The Morgan fingerprint density at radius 3 is 3.00 bits per heavy atom. The highest BCUT2D eigenvalue weighted by molar-refractivity contribution is 9.10. The fraction of sp³-hybridized carbons (Fsp3) is 0.636. The van der Waals surface area contributed by atoms with Gasteiger partial charge in [0.15, 0.2) is 0 Å². The predicted molar refractivity (Wildman–Crippen MR) is 70.6 cm³/mol. The van der Waals surface area contributed by atoms with Crippen LogP contribution in [0.15, 0.2) is 15.9 Å². The smallest absolute Gasteiger partial charge is 0.0564 e. The maximum Gasteiger partial charge on any atom is 0.0564 e. The van der Waals surface area contributed by atoms with Gasteiger partial charge in [-0.25, -0.2) is 0 Å². The van der Waals surface area contributed by atoms with Gasteiger partial charge in [-0.15, -0.1) is 11.3 Å². The molecule has 3 N–H and O–H groups in total. The first-order valence-electron chi connectivity index (χ1n) is 5.53. The molecule has 2 atom stereocenters. The molecule has 90 valence electrons. The highest BCUT2D eigenvalue weighted by atomic mass is 79.9. The van der Waals surface area contributed by atoms with Crippen LogP contribution in [0.3, 0.4) is 0 Å². The summed E-state index contributed by atoms with van der Waals surface area (Å²) >= 11 is 5.22. The molecule has 0 amide bonds. The van der Waals surface area contributed by atoms with Crippen molar-refractivity contribution in [2.45, 2.75) is 12.5 Å². The third kappa shape index (κ3) is 2.65. The van der Waals surface area contributed by atoms with Crippen molar-refractivity contribution in [1.29, 1.82) is 0 Å². The molecule has 1 aliphatic rings. The monoisotopic (exact) mass is 304 g/mol. The van der Waals surface area contributed by atoms with E-state index in [0.29, 0.717) is 25.1 Å². The molecule has 5 heteroatoms. The van der Waals surface area contributed by atoms with Crippen LogP contribution >= 0.6 is 27.3 Å². The van der Waals surface area contributed by atoms with Crippen LogP contribution in [-0.4, -0.2) is 36.2 Å². The van der Waals surface area contributed by atoms with Crippen LogP contribution in [0.1, 0.15) is 17.3 Å². The van der Waals surface area contributed by atoms with E-state index in [0.717, 1.165) is 24.0 Å². The Bertz CT molecular complexity index is 344. The summed E-state index contributed by atoms with van der Waals surface area (Å²) in [7, 11) is 0. The summed E-state index contributed by atoms with van der Waals surface area (Å²) < 4.78 is 1.13. The minimum atomic E-state index is 0.294. The fourth-order valence-electron chi connectivity index (χ4n) is 2.24. The highest BCUT2D eigenvalue weighted by Gasteiger charge is 2.28. The molecular weight excluding hydrogens is 288 g/mol. The molecule has 1 saturated heterocycles. The summed E-state index contributed by atoms with van der Waals surface area (Å²) in [6.45, 7) is 2.95. The molecule has 3 nitrogen and oxygen atoms in total. The van der Waals surface area contributed by atoms with E-state index in [1.165, 1.54) is 4.88 Å². The molecule has 2 unspecified atom stereocenters. The Balaban J connectivity index is 2.06. The zero-order chi connectivity index (χ0) is 11.5. The Labute approximate surface area is 108 Å². The van der Waals surface area contributed by atoms with Gasteiger partial charge in [-0.05, 0) is 40.9 Å². The van der Waals surface area contributed by atoms with Crippen LogP contribution in [0.4, 0.5) is 0 Å². The number of hydrogen-bond acceptors (Lipinski definition) is 4. The maximum atomic E-state index is 9.15. The number of likely N-dealkylation sites (tertiary alicyclic amines) is 1. The molecule has 0 saturated carbocycles. The minimum absolute atomic E-state index is 0.294. The number of halogens is 1. The second-order valence-corrected chi connectivity index (χ2v) is 6.11. The Morgan fingerprint density at radius 2 is 2.50 bits per heavy atom. The predicted octanol–water partition coefficient (Wildman–Crippen LogP) is 1.82. The third-order valence-corrected chi connectivity index (χ3v) is 4.95.